The van der Waals surface area contributed by atoms with Crippen LogP contribution in [0.2, 0.25) is 10.0 Å². The smallest absolute Gasteiger partial charge is 0.245 e. The van der Waals surface area contributed by atoms with Gasteiger partial charge in [-0.2, -0.15) is 0 Å². The van der Waals surface area contributed by atoms with Gasteiger partial charge in [-0.1, -0.05) is 23.2 Å². The van der Waals surface area contributed by atoms with Crippen LogP contribution in [0.15, 0.2) is 18.2 Å². The molecular weight excluding hydrogens is 223 g/mol. The molecule has 1 aromatic rings. The van der Waals surface area contributed by atoms with E-state index in [0.717, 1.165) is 0 Å². The maximum atomic E-state index is 11.3. The van der Waals surface area contributed by atoms with Crippen LogP contribution < -0.4 is 10.6 Å². The minimum absolute atomic E-state index is 0.0941. The van der Waals surface area contributed by atoms with Crippen molar-refractivity contribution in [3.8, 4) is 0 Å². The van der Waals surface area contributed by atoms with Crippen molar-refractivity contribution in [3.63, 3.8) is 0 Å². The highest BCUT2D eigenvalue weighted by Crippen LogP contribution is 2.28. The van der Waals surface area contributed by atoms with Crippen LogP contribution in [0.5, 0.6) is 0 Å². The molecule has 0 saturated carbocycles. The maximum Gasteiger partial charge on any atom is 0.245 e. The van der Waals surface area contributed by atoms with Crippen LogP contribution in [0.1, 0.15) is 0 Å². The highest BCUT2D eigenvalue weighted by Gasteiger charge is 2.34. The Bertz CT molecular complexity index is 374. The third-order valence-electron chi connectivity index (χ3n) is 2.12. The van der Waals surface area contributed by atoms with E-state index in [0.29, 0.717) is 22.3 Å². The number of carbonyl (C=O) groups excluding carboxylic acids is 1. The van der Waals surface area contributed by atoms with Gasteiger partial charge in [-0.3, -0.25) is 4.79 Å². The highest BCUT2D eigenvalue weighted by molar-refractivity contribution is 6.35. The molecule has 1 aliphatic heterocycles. The van der Waals surface area contributed by atoms with Gasteiger partial charge in [-0.15, -0.1) is 0 Å². The van der Waals surface area contributed by atoms with Gasteiger partial charge in [0.25, 0.3) is 0 Å². The molecule has 5 heteroatoms. The van der Waals surface area contributed by atoms with Gasteiger partial charge < -0.3 is 10.6 Å². The SMILES string of the molecule is NC1CN(c2cc(Cl)cc(Cl)c2)C1=O. The van der Waals surface area contributed by atoms with Crippen molar-refractivity contribution in [2.45, 2.75) is 6.04 Å². The molecule has 0 aromatic heterocycles. The first-order valence-corrected chi connectivity index (χ1v) is 4.86. The fourth-order valence-corrected chi connectivity index (χ4v) is 1.89. The average molecular weight is 231 g/mol. The zero-order chi connectivity index (χ0) is 10.3. The second-order valence-electron chi connectivity index (χ2n) is 3.18. The van der Waals surface area contributed by atoms with Crippen LogP contribution in [-0.2, 0) is 4.79 Å². The van der Waals surface area contributed by atoms with Gasteiger partial charge in [0.1, 0.15) is 6.04 Å². The molecule has 0 aliphatic carbocycles. The van der Waals surface area contributed by atoms with Crippen LogP contribution in [0.3, 0.4) is 0 Å². The number of nitrogens with two attached hydrogens (primary N) is 1. The zero-order valence-corrected chi connectivity index (χ0v) is 8.72. The molecule has 2 N–H and O–H groups in total. The Morgan fingerprint density at radius 3 is 2.29 bits per heavy atom. The lowest BCUT2D eigenvalue weighted by molar-refractivity contribution is -0.123. The van der Waals surface area contributed by atoms with Crippen molar-refractivity contribution in [1.29, 1.82) is 0 Å². The monoisotopic (exact) mass is 230 g/mol. The zero-order valence-electron chi connectivity index (χ0n) is 7.21. The molecule has 1 saturated heterocycles. The summed E-state index contributed by atoms with van der Waals surface area (Å²) in [4.78, 5) is 12.9. The predicted molar refractivity (Wildman–Crippen MR) is 56.8 cm³/mol. The van der Waals surface area contributed by atoms with Crippen LogP contribution in [0, 0.1) is 0 Å². The number of halogens is 2. The molecule has 1 unspecified atom stereocenters. The lowest BCUT2D eigenvalue weighted by Gasteiger charge is -2.36. The first-order valence-electron chi connectivity index (χ1n) is 4.11. The topological polar surface area (TPSA) is 46.3 Å². The van der Waals surface area contributed by atoms with E-state index in [-0.39, 0.29) is 11.9 Å². The fraction of sp³-hybridized carbons (Fsp3) is 0.222. The number of amides is 1. The summed E-state index contributed by atoms with van der Waals surface area (Å²) in [6.45, 7) is 0.523. The van der Waals surface area contributed by atoms with Crippen molar-refractivity contribution in [3.05, 3.63) is 28.2 Å². The molecule has 1 heterocycles. The molecule has 2 rings (SSSR count). The number of carbonyl (C=O) groups is 1. The Morgan fingerprint density at radius 2 is 1.86 bits per heavy atom. The average Bonchev–Trinajstić information content (AvgIpc) is 2.11. The number of hydrogen-bond acceptors (Lipinski definition) is 2. The number of hydrogen-bond donors (Lipinski definition) is 1. The van der Waals surface area contributed by atoms with Crippen molar-refractivity contribution in [1.82, 2.24) is 0 Å². The Labute approximate surface area is 91.4 Å². The van der Waals surface area contributed by atoms with Crippen LogP contribution in [0.25, 0.3) is 0 Å². The molecule has 14 heavy (non-hydrogen) atoms. The molecule has 1 aliphatic rings. The highest BCUT2D eigenvalue weighted by atomic mass is 35.5. The maximum absolute atomic E-state index is 11.3. The first kappa shape index (κ1) is 9.77. The van der Waals surface area contributed by atoms with Gasteiger partial charge in [0.05, 0.1) is 6.54 Å². The van der Waals surface area contributed by atoms with Crippen LogP contribution in [-0.4, -0.2) is 18.5 Å². The van der Waals surface area contributed by atoms with Gasteiger partial charge in [-0.25, -0.2) is 0 Å². The van der Waals surface area contributed by atoms with Crippen LogP contribution in [0.4, 0.5) is 5.69 Å². The van der Waals surface area contributed by atoms with Crippen molar-refractivity contribution in [2.24, 2.45) is 5.73 Å². The number of benzene rings is 1. The largest absolute Gasteiger partial charge is 0.318 e. The number of anilines is 1. The van der Waals surface area contributed by atoms with Gasteiger partial charge in [-0.05, 0) is 18.2 Å². The third-order valence-corrected chi connectivity index (χ3v) is 2.56. The normalized spacial score (nSPS) is 20.9. The number of rotatable bonds is 1. The molecule has 0 radical (unpaired) electrons. The van der Waals surface area contributed by atoms with E-state index in [2.05, 4.69) is 0 Å². The number of nitrogens with zero attached hydrogens (tertiary/aromatic N) is 1. The summed E-state index contributed by atoms with van der Waals surface area (Å²) in [6.07, 6.45) is 0. The fourth-order valence-electron chi connectivity index (χ4n) is 1.38. The minimum Gasteiger partial charge on any atom is -0.318 e. The molecule has 0 spiro atoms. The van der Waals surface area contributed by atoms with Crippen molar-refractivity contribution in [2.75, 3.05) is 11.4 Å². The van der Waals surface area contributed by atoms with E-state index in [9.17, 15) is 4.79 Å². The molecule has 1 amide bonds. The predicted octanol–water partition coefficient (Wildman–Crippen LogP) is 1.67. The Balaban J connectivity index is 2.29. The standard InChI is InChI=1S/C9H8Cl2N2O/c10-5-1-6(11)3-7(2-5)13-4-8(12)9(13)14/h1-3,8H,4,12H2. The molecule has 1 fully saturated rings. The van der Waals surface area contributed by atoms with Crippen molar-refractivity contribution < 1.29 is 4.79 Å². The summed E-state index contributed by atoms with van der Waals surface area (Å²) in [6, 6.07) is 4.62. The van der Waals surface area contributed by atoms with E-state index in [4.69, 9.17) is 28.9 Å². The van der Waals surface area contributed by atoms with Gasteiger partial charge in [0, 0.05) is 15.7 Å². The Hall–Kier alpha value is -0.770. The van der Waals surface area contributed by atoms with E-state index in [1.807, 2.05) is 0 Å². The summed E-state index contributed by atoms with van der Waals surface area (Å²) in [5.74, 6) is -0.0941. The molecule has 74 valence electrons. The minimum atomic E-state index is -0.382. The second kappa shape index (κ2) is 3.42. The molecular formula is C9H8Cl2N2O. The summed E-state index contributed by atoms with van der Waals surface area (Å²) >= 11 is 11.6. The van der Waals surface area contributed by atoms with Gasteiger partial charge in [0.15, 0.2) is 0 Å². The first-order chi connectivity index (χ1) is 6.58. The van der Waals surface area contributed by atoms with E-state index < -0.39 is 0 Å². The Kier molecular flexibility index (Phi) is 2.39. The van der Waals surface area contributed by atoms with E-state index in [1.54, 1.807) is 23.1 Å². The molecule has 1 atom stereocenters. The lowest BCUT2D eigenvalue weighted by Crippen LogP contribution is -2.61. The van der Waals surface area contributed by atoms with Gasteiger partial charge in [0.2, 0.25) is 5.91 Å². The van der Waals surface area contributed by atoms with E-state index in [1.165, 1.54) is 0 Å². The third kappa shape index (κ3) is 1.59. The summed E-state index contributed by atoms with van der Waals surface area (Å²) in [5, 5.41) is 1.03. The molecule has 3 nitrogen and oxygen atoms in total. The van der Waals surface area contributed by atoms with Crippen LogP contribution >= 0.6 is 23.2 Å². The second-order valence-corrected chi connectivity index (χ2v) is 4.06. The van der Waals surface area contributed by atoms with Crippen molar-refractivity contribution >= 4 is 34.8 Å². The van der Waals surface area contributed by atoms with Gasteiger partial charge >= 0.3 is 0 Å². The summed E-state index contributed by atoms with van der Waals surface area (Å²) in [5.41, 5.74) is 6.17. The molecule has 0 bridgehead atoms. The van der Waals surface area contributed by atoms with E-state index >= 15 is 0 Å². The Morgan fingerprint density at radius 1 is 1.29 bits per heavy atom. The lowest BCUT2D eigenvalue weighted by atomic mass is 10.1. The number of β-lactam (4-membered cyclic amide) rings is 1. The summed E-state index contributed by atoms with van der Waals surface area (Å²) in [7, 11) is 0. The molecule has 1 aromatic carbocycles. The summed E-state index contributed by atoms with van der Waals surface area (Å²) < 4.78 is 0. The quantitative estimate of drug-likeness (QED) is 0.747.